The molecule has 0 amide bonds. The van der Waals surface area contributed by atoms with Crippen LogP contribution in [0.2, 0.25) is 0 Å². The third kappa shape index (κ3) is 3.44. The average molecular weight is 258 g/mol. The number of benzene rings is 1. The summed E-state index contributed by atoms with van der Waals surface area (Å²) in [6, 6.07) is 9.97. The van der Waals surface area contributed by atoms with E-state index in [1.165, 1.54) is 0 Å². The minimum atomic E-state index is -0.270. The number of nitrogens with zero attached hydrogens (tertiary/aromatic N) is 1. The van der Waals surface area contributed by atoms with Gasteiger partial charge in [-0.1, -0.05) is 36.4 Å². The first kappa shape index (κ1) is 13.3. The van der Waals surface area contributed by atoms with Gasteiger partial charge in [-0.25, -0.2) is 4.79 Å². The molecule has 4 nitrogen and oxygen atoms in total. The summed E-state index contributed by atoms with van der Waals surface area (Å²) in [7, 11) is 0. The van der Waals surface area contributed by atoms with Crippen molar-refractivity contribution in [3.63, 3.8) is 0 Å². The Morgan fingerprint density at radius 1 is 1.37 bits per heavy atom. The lowest BCUT2D eigenvalue weighted by molar-refractivity contribution is -0.138. The third-order valence-corrected chi connectivity index (χ3v) is 3.04. The molecule has 0 saturated heterocycles. The van der Waals surface area contributed by atoms with Crippen LogP contribution in [0.5, 0.6) is 0 Å². The Hall–Kier alpha value is -2.10. The fourth-order valence-electron chi connectivity index (χ4n) is 2.04. The topological polar surface area (TPSA) is 53.4 Å². The molecule has 1 N–H and O–H groups in total. The normalized spacial score (nSPS) is 15.1. The summed E-state index contributed by atoms with van der Waals surface area (Å²) in [5.74, 6) is 0.268. The van der Waals surface area contributed by atoms with Crippen LogP contribution in [0.4, 0.5) is 0 Å². The maximum atomic E-state index is 11.7. The number of hydrogen-bond donors (Lipinski definition) is 1. The van der Waals surface area contributed by atoms with Crippen LogP contribution in [0.25, 0.3) is 0 Å². The maximum Gasteiger partial charge on any atom is 0.335 e. The van der Waals surface area contributed by atoms with E-state index in [-0.39, 0.29) is 5.97 Å². The zero-order valence-corrected chi connectivity index (χ0v) is 11.1. The van der Waals surface area contributed by atoms with Crippen LogP contribution in [0.1, 0.15) is 18.9 Å². The van der Waals surface area contributed by atoms with Gasteiger partial charge in [-0.3, -0.25) is 5.41 Å². The van der Waals surface area contributed by atoms with Gasteiger partial charge in [-0.05, 0) is 12.5 Å². The predicted molar refractivity (Wildman–Crippen MR) is 73.9 cm³/mol. The molecular formula is C15H18N2O2. The number of ether oxygens (including phenoxy) is 1. The molecule has 0 saturated carbocycles. The van der Waals surface area contributed by atoms with Crippen molar-refractivity contribution in [1.82, 2.24) is 4.90 Å². The first-order chi connectivity index (χ1) is 9.20. The lowest BCUT2D eigenvalue weighted by Gasteiger charge is -2.29. The third-order valence-electron chi connectivity index (χ3n) is 3.04. The molecule has 1 aromatic carbocycles. The SMILES string of the molecule is CCOC(=O)C1=CCC(=N)N(Cc2ccccc2)C1. The van der Waals surface area contributed by atoms with Gasteiger partial charge in [0.25, 0.3) is 0 Å². The summed E-state index contributed by atoms with van der Waals surface area (Å²) in [6.07, 6.45) is 2.28. The van der Waals surface area contributed by atoms with Crippen molar-refractivity contribution in [1.29, 1.82) is 5.41 Å². The van der Waals surface area contributed by atoms with Crippen molar-refractivity contribution in [2.24, 2.45) is 0 Å². The molecule has 1 aliphatic rings. The molecule has 0 aliphatic carbocycles. The molecule has 0 spiro atoms. The molecule has 1 aromatic rings. The van der Waals surface area contributed by atoms with Gasteiger partial charge in [0.2, 0.25) is 0 Å². The second-order valence-electron chi connectivity index (χ2n) is 4.44. The molecule has 0 bridgehead atoms. The van der Waals surface area contributed by atoms with Crippen LogP contribution in [-0.2, 0) is 16.1 Å². The summed E-state index contributed by atoms with van der Waals surface area (Å²) in [5, 5.41) is 7.96. The Kier molecular flexibility index (Phi) is 4.34. The predicted octanol–water partition coefficient (Wildman–Crippen LogP) is 2.36. The van der Waals surface area contributed by atoms with E-state index in [9.17, 15) is 4.79 Å². The fraction of sp³-hybridized carbons (Fsp3) is 0.333. The fourth-order valence-corrected chi connectivity index (χ4v) is 2.04. The largest absolute Gasteiger partial charge is 0.463 e. The molecule has 0 unspecified atom stereocenters. The highest BCUT2D eigenvalue weighted by atomic mass is 16.5. The minimum Gasteiger partial charge on any atom is -0.463 e. The summed E-state index contributed by atoms with van der Waals surface area (Å²) in [6.45, 7) is 3.28. The number of rotatable bonds is 4. The van der Waals surface area contributed by atoms with Crippen LogP contribution >= 0.6 is 0 Å². The van der Waals surface area contributed by atoms with Crippen molar-refractivity contribution >= 4 is 11.8 Å². The standard InChI is InChI=1S/C15H18N2O2/c1-2-19-15(18)13-8-9-14(16)17(11-13)10-12-6-4-3-5-7-12/h3-8,16H,2,9-11H2,1H3. The molecular weight excluding hydrogens is 240 g/mol. The highest BCUT2D eigenvalue weighted by molar-refractivity contribution is 5.93. The van der Waals surface area contributed by atoms with E-state index in [2.05, 4.69) is 0 Å². The van der Waals surface area contributed by atoms with Gasteiger partial charge in [-0.15, -0.1) is 0 Å². The molecule has 0 radical (unpaired) electrons. The smallest absolute Gasteiger partial charge is 0.335 e. The molecule has 0 atom stereocenters. The van der Waals surface area contributed by atoms with E-state index < -0.39 is 0 Å². The van der Waals surface area contributed by atoms with Crippen LogP contribution < -0.4 is 0 Å². The van der Waals surface area contributed by atoms with E-state index in [0.29, 0.717) is 37.5 Å². The average Bonchev–Trinajstić information content (AvgIpc) is 2.42. The van der Waals surface area contributed by atoms with Crippen molar-refractivity contribution < 1.29 is 9.53 Å². The van der Waals surface area contributed by atoms with Gasteiger partial charge in [0.15, 0.2) is 0 Å². The van der Waals surface area contributed by atoms with Crippen molar-refractivity contribution in [2.45, 2.75) is 19.9 Å². The molecule has 4 heteroatoms. The highest BCUT2D eigenvalue weighted by Crippen LogP contribution is 2.15. The Balaban J connectivity index is 2.04. The van der Waals surface area contributed by atoms with Gasteiger partial charge in [0, 0.05) is 13.0 Å². The van der Waals surface area contributed by atoms with Gasteiger partial charge in [-0.2, -0.15) is 0 Å². The van der Waals surface area contributed by atoms with Crippen molar-refractivity contribution in [3.05, 3.63) is 47.5 Å². The lowest BCUT2D eigenvalue weighted by atomic mass is 10.1. The van der Waals surface area contributed by atoms with Crippen LogP contribution in [0.15, 0.2) is 42.0 Å². The molecule has 100 valence electrons. The molecule has 1 heterocycles. The van der Waals surface area contributed by atoms with Crippen molar-refractivity contribution in [3.8, 4) is 0 Å². The summed E-state index contributed by atoms with van der Waals surface area (Å²) >= 11 is 0. The van der Waals surface area contributed by atoms with Crippen LogP contribution in [-0.4, -0.2) is 29.9 Å². The number of hydrogen-bond acceptors (Lipinski definition) is 3. The molecule has 0 fully saturated rings. The second-order valence-corrected chi connectivity index (χ2v) is 4.44. The summed E-state index contributed by atoms with van der Waals surface area (Å²) < 4.78 is 5.01. The van der Waals surface area contributed by atoms with Gasteiger partial charge >= 0.3 is 5.97 Å². The van der Waals surface area contributed by atoms with E-state index in [4.69, 9.17) is 10.1 Å². The molecule has 0 aromatic heterocycles. The molecule has 19 heavy (non-hydrogen) atoms. The summed E-state index contributed by atoms with van der Waals surface area (Å²) in [5.41, 5.74) is 1.78. The van der Waals surface area contributed by atoms with Gasteiger partial charge in [0.1, 0.15) is 5.84 Å². The minimum absolute atomic E-state index is 0.270. The summed E-state index contributed by atoms with van der Waals surface area (Å²) in [4.78, 5) is 13.6. The molecule has 2 rings (SSSR count). The van der Waals surface area contributed by atoms with E-state index in [1.54, 1.807) is 13.0 Å². The van der Waals surface area contributed by atoms with Crippen LogP contribution in [0, 0.1) is 5.41 Å². The molecule has 1 aliphatic heterocycles. The number of carbonyl (C=O) groups is 1. The number of carbonyl (C=O) groups excluding carboxylic acids is 1. The highest BCUT2D eigenvalue weighted by Gasteiger charge is 2.21. The number of nitrogens with one attached hydrogen (secondary N) is 1. The zero-order chi connectivity index (χ0) is 13.7. The number of amidine groups is 1. The quantitative estimate of drug-likeness (QED) is 0.843. The zero-order valence-electron chi connectivity index (χ0n) is 11.1. The van der Waals surface area contributed by atoms with Crippen LogP contribution in [0.3, 0.4) is 0 Å². The first-order valence-corrected chi connectivity index (χ1v) is 6.43. The van der Waals surface area contributed by atoms with E-state index in [0.717, 1.165) is 5.56 Å². The monoisotopic (exact) mass is 258 g/mol. The Bertz CT molecular complexity index is 494. The second kappa shape index (κ2) is 6.18. The Morgan fingerprint density at radius 3 is 2.79 bits per heavy atom. The van der Waals surface area contributed by atoms with Gasteiger partial charge in [0.05, 0.1) is 18.7 Å². The first-order valence-electron chi connectivity index (χ1n) is 6.43. The van der Waals surface area contributed by atoms with Gasteiger partial charge < -0.3 is 9.64 Å². The Morgan fingerprint density at radius 2 is 2.11 bits per heavy atom. The lowest BCUT2D eigenvalue weighted by Crippen LogP contribution is -2.36. The van der Waals surface area contributed by atoms with E-state index in [1.807, 2.05) is 35.2 Å². The van der Waals surface area contributed by atoms with Crippen molar-refractivity contribution in [2.75, 3.05) is 13.2 Å². The number of esters is 1. The van der Waals surface area contributed by atoms with E-state index >= 15 is 0 Å². The Labute approximate surface area is 113 Å². The maximum absolute atomic E-state index is 11.7.